The lowest BCUT2D eigenvalue weighted by molar-refractivity contribution is 0.0438. The van der Waals surface area contributed by atoms with E-state index in [9.17, 15) is 5.11 Å². The molecule has 1 aromatic rings. The van der Waals surface area contributed by atoms with Crippen LogP contribution in [0.25, 0.3) is 0 Å². The Labute approximate surface area is 96.2 Å². The highest BCUT2D eigenvalue weighted by Crippen LogP contribution is 2.56. The average Bonchev–Trinajstić information content (AvgIpc) is 2.88. The molecule has 86 valence electrons. The molecule has 0 aliphatic heterocycles. The predicted molar refractivity (Wildman–Crippen MR) is 62.6 cm³/mol. The van der Waals surface area contributed by atoms with Gasteiger partial charge in [-0.1, -0.05) is 25.0 Å². The number of rotatable bonds is 1. The number of ether oxygens (including phenoxy) is 1. The fraction of sp³-hybridized carbons (Fsp3) is 0.571. The van der Waals surface area contributed by atoms with Gasteiger partial charge in [0.1, 0.15) is 5.75 Å². The van der Waals surface area contributed by atoms with Crippen molar-refractivity contribution in [3.05, 3.63) is 29.3 Å². The molecule has 1 atom stereocenters. The van der Waals surface area contributed by atoms with Crippen LogP contribution in [0.1, 0.15) is 42.9 Å². The van der Waals surface area contributed by atoms with Crippen molar-refractivity contribution in [3.8, 4) is 5.75 Å². The van der Waals surface area contributed by atoms with E-state index in [1.165, 1.54) is 18.4 Å². The monoisotopic (exact) mass is 218 g/mol. The molecule has 0 heterocycles. The maximum atomic E-state index is 10.5. The van der Waals surface area contributed by atoms with Crippen LogP contribution in [0, 0.1) is 5.41 Å². The van der Waals surface area contributed by atoms with Gasteiger partial charge in [-0.25, -0.2) is 0 Å². The van der Waals surface area contributed by atoms with Crippen molar-refractivity contribution in [2.75, 3.05) is 7.11 Å². The average molecular weight is 218 g/mol. The Kier molecular flexibility index (Phi) is 2.21. The van der Waals surface area contributed by atoms with Crippen LogP contribution in [0.2, 0.25) is 0 Å². The Morgan fingerprint density at radius 3 is 2.75 bits per heavy atom. The molecule has 1 fully saturated rings. The Balaban J connectivity index is 2.06. The van der Waals surface area contributed by atoms with Crippen molar-refractivity contribution in [1.29, 1.82) is 0 Å². The van der Waals surface area contributed by atoms with E-state index in [0.717, 1.165) is 30.6 Å². The molecular formula is C14H18O2. The summed E-state index contributed by atoms with van der Waals surface area (Å²) in [6, 6.07) is 6.03. The lowest BCUT2D eigenvalue weighted by Gasteiger charge is -2.27. The van der Waals surface area contributed by atoms with Gasteiger partial charge in [-0.05, 0) is 30.9 Å². The highest BCUT2D eigenvalue weighted by atomic mass is 16.5. The molecule has 2 aliphatic carbocycles. The first-order valence-electron chi connectivity index (χ1n) is 6.11. The largest absolute Gasteiger partial charge is 0.496 e. The fourth-order valence-corrected chi connectivity index (χ4v) is 3.53. The van der Waals surface area contributed by atoms with E-state index < -0.39 is 0 Å². The van der Waals surface area contributed by atoms with Gasteiger partial charge in [-0.2, -0.15) is 0 Å². The van der Waals surface area contributed by atoms with Gasteiger partial charge in [0.05, 0.1) is 13.2 Å². The number of benzene rings is 1. The fourth-order valence-electron chi connectivity index (χ4n) is 3.53. The van der Waals surface area contributed by atoms with Crippen molar-refractivity contribution < 1.29 is 9.84 Å². The third-order valence-corrected chi connectivity index (χ3v) is 4.39. The second-order valence-corrected chi connectivity index (χ2v) is 5.18. The van der Waals surface area contributed by atoms with Gasteiger partial charge in [-0.3, -0.25) is 0 Å². The van der Waals surface area contributed by atoms with Gasteiger partial charge in [0, 0.05) is 11.0 Å². The molecule has 0 amide bonds. The molecule has 2 aliphatic rings. The maximum absolute atomic E-state index is 10.5. The van der Waals surface area contributed by atoms with Gasteiger partial charge < -0.3 is 9.84 Å². The summed E-state index contributed by atoms with van der Waals surface area (Å²) in [4.78, 5) is 0. The molecule has 1 saturated carbocycles. The van der Waals surface area contributed by atoms with E-state index in [0.29, 0.717) is 0 Å². The van der Waals surface area contributed by atoms with Crippen molar-refractivity contribution in [3.63, 3.8) is 0 Å². The summed E-state index contributed by atoms with van der Waals surface area (Å²) < 4.78 is 5.40. The Morgan fingerprint density at radius 2 is 2.06 bits per heavy atom. The van der Waals surface area contributed by atoms with E-state index in [1.54, 1.807) is 7.11 Å². The van der Waals surface area contributed by atoms with Crippen molar-refractivity contribution >= 4 is 0 Å². The van der Waals surface area contributed by atoms with E-state index in [-0.39, 0.29) is 11.5 Å². The minimum absolute atomic E-state index is 0.122. The molecule has 0 radical (unpaired) electrons. The quantitative estimate of drug-likeness (QED) is 0.785. The van der Waals surface area contributed by atoms with Crippen LogP contribution >= 0.6 is 0 Å². The number of fused-ring (bicyclic) bond motifs is 1. The van der Waals surface area contributed by atoms with Crippen molar-refractivity contribution in [2.45, 2.75) is 38.2 Å². The van der Waals surface area contributed by atoms with Crippen molar-refractivity contribution in [1.82, 2.24) is 0 Å². The molecule has 2 nitrogen and oxygen atoms in total. The van der Waals surface area contributed by atoms with Gasteiger partial charge in [-0.15, -0.1) is 0 Å². The summed E-state index contributed by atoms with van der Waals surface area (Å²) in [6.07, 6.45) is 5.55. The smallest absolute Gasteiger partial charge is 0.122 e. The molecule has 1 spiro atoms. The number of aliphatic hydroxyl groups is 1. The molecule has 1 unspecified atom stereocenters. The van der Waals surface area contributed by atoms with Crippen LogP contribution in [0.15, 0.2) is 18.2 Å². The summed E-state index contributed by atoms with van der Waals surface area (Å²) in [7, 11) is 1.71. The second kappa shape index (κ2) is 3.49. The molecule has 2 heteroatoms. The zero-order valence-corrected chi connectivity index (χ0v) is 9.70. The van der Waals surface area contributed by atoms with Crippen LogP contribution in [0.5, 0.6) is 5.75 Å². The molecular weight excluding hydrogens is 200 g/mol. The summed E-state index contributed by atoms with van der Waals surface area (Å²) >= 11 is 0. The first-order chi connectivity index (χ1) is 7.77. The minimum Gasteiger partial charge on any atom is -0.496 e. The van der Waals surface area contributed by atoms with Crippen LogP contribution in [-0.4, -0.2) is 12.2 Å². The number of hydrogen-bond acceptors (Lipinski definition) is 2. The van der Waals surface area contributed by atoms with Gasteiger partial charge in [0.25, 0.3) is 0 Å². The number of aliphatic hydroxyl groups excluding tert-OH is 1. The Morgan fingerprint density at radius 1 is 1.31 bits per heavy atom. The van der Waals surface area contributed by atoms with Gasteiger partial charge >= 0.3 is 0 Å². The first-order valence-corrected chi connectivity index (χ1v) is 6.11. The number of methoxy groups -OCH3 is 1. The molecule has 0 aromatic heterocycles. The van der Waals surface area contributed by atoms with Gasteiger partial charge in [0.15, 0.2) is 0 Å². The lowest BCUT2D eigenvalue weighted by Crippen LogP contribution is -2.21. The molecule has 3 rings (SSSR count). The normalized spacial score (nSPS) is 26.0. The SMILES string of the molecule is COc1cccc2c1CC1(CCCC1)C2O. The Hall–Kier alpha value is -1.02. The van der Waals surface area contributed by atoms with Crippen LogP contribution in [-0.2, 0) is 6.42 Å². The van der Waals surface area contributed by atoms with Crippen LogP contribution in [0.3, 0.4) is 0 Å². The molecule has 0 bridgehead atoms. The summed E-state index contributed by atoms with van der Waals surface area (Å²) in [6.45, 7) is 0. The standard InChI is InChI=1S/C14H18O2/c1-16-12-6-4-5-10-11(12)9-14(13(10)15)7-2-3-8-14/h4-6,13,15H,2-3,7-9H2,1H3. The third-order valence-electron chi connectivity index (χ3n) is 4.39. The first kappa shape index (κ1) is 10.2. The van der Waals surface area contributed by atoms with Crippen molar-refractivity contribution in [2.24, 2.45) is 5.41 Å². The minimum atomic E-state index is -0.278. The maximum Gasteiger partial charge on any atom is 0.122 e. The molecule has 1 N–H and O–H groups in total. The highest BCUT2D eigenvalue weighted by Gasteiger charge is 2.47. The van der Waals surface area contributed by atoms with E-state index in [1.807, 2.05) is 12.1 Å². The zero-order chi connectivity index (χ0) is 11.2. The third kappa shape index (κ3) is 1.23. The van der Waals surface area contributed by atoms with Crippen LogP contribution < -0.4 is 4.74 Å². The summed E-state index contributed by atoms with van der Waals surface area (Å²) in [5, 5.41) is 10.5. The highest BCUT2D eigenvalue weighted by molar-refractivity contribution is 5.46. The number of hydrogen-bond donors (Lipinski definition) is 1. The van der Waals surface area contributed by atoms with Crippen LogP contribution in [0.4, 0.5) is 0 Å². The van der Waals surface area contributed by atoms with E-state index >= 15 is 0 Å². The summed E-state index contributed by atoms with van der Waals surface area (Å²) in [5.41, 5.74) is 2.46. The Bertz CT molecular complexity index is 405. The zero-order valence-electron chi connectivity index (χ0n) is 9.70. The topological polar surface area (TPSA) is 29.5 Å². The van der Waals surface area contributed by atoms with E-state index in [2.05, 4.69) is 6.07 Å². The molecule has 0 saturated heterocycles. The molecule has 16 heavy (non-hydrogen) atoms. The summed E-state index contributed by atoms with van der Waals surface area (Å²) in [5.74, 6) is 0.945. The molecule has 1 aromatic carbocycles. The predicted octanol–water partition coefficient (Wildman–Crippen LogP) is 2.85. The van der Waals surface area contributed by atoms with E-state index in [4.69, 9.17) is 4.74 Å². The lowest BCUT2D eigenvalue weighted by atomic mass is 9.81. The van der Waals surface area contributed by atoms with Gasteiger partial charge in [0.2, 0.25) is 0 Å². The second-order valence-electron chi connectivity index (χ2n) is 5.18.